The monoisotopic (exact) mass is 265 g/mol. The van der Waals surface area contributed by atoms with E-state index < -0.39 is 12.1 Å². The SMILES string of the molecule is CN(C)C(=O)COC(=O)[C@@H]1COc2ccccc2O1. The predicted molar refractivity (Wildman–Crippen MR) is 66.0 cm³/mol. The molecule has 0 spiro atoms. The number of hydrogen-bond donors (Lipinski definition) is 0. The highest BCUT2D eigenvalue weighted by molar-refractivity contribution is 5.82. The molecule has 0 N–H and O–H groups in total. The van der Waals surface area contributed by atoms with Crippen molar-refractivity contribution in [3.8, 4) is 11.5 Å². The van der Waals surface area contributed by atoms with Crippen molar-refractivity contribution in [1.82, 2.24) is 4.90 Å². The quantitative estimate of drug-likeness (QED) is 0.743. The van der Waals surface area contributed by atoms with Crippen LogP contribution in [0, 0.1) is 0 Å². The number of amides is 1. The first-order valence-electron chi connectivity index (χ1n) is 5.83. The summed E-state index contributed by atoms with van der Waals surface area (Å²) >= 11 is 0. The smallest absolute Gasteiger partial charge is 0.351 e. The summed E-state index contributed by atoms with van der Waals surface area (Å²) in [5, 5.41) is 0. The van der Waals surface area contributed by atoms with E-state index in [-0.39, 0.29) is 19.1 Å². The number of esters is 1. The minimum atomic E-state index is -0.843. The predicted octanol–water partition coefficient (Wildman–Crippen LogP) is 0.458. The molecular weight excluding hydrogens is 250 g/mol. The Labute approximate surface area is 110 Å². The first-order chi connectivity index (χ1) is 9.08. The Morgan fingerprint density at radius 3 is 2.68 bits per heavy atom. The van der Waals surface area contributed by atoms with Gasteiger partial charge in [-0.05, 0) is 12.1 Å². The fraction of sp³-hybridized carbons (Fsp3) is 0.385. The molecular formula is C13H15NO5. The third-order valence-electron chi connectivity index (χ3n) is 2.61. The molecule has 2 rings (SSSR count). The standard InChI is InChI=1S/C13H15NO5/c1-14(2)12(15)8-18-13(16)11-7-17-9-5-3-4-6-10(9)19-11/h3-6,11H,7-8H2,1-2H3/t11-/m0/s1. The van der Waals surface area contributed by atoms with Gasteiger partial charge in [0.05, 0.1) is 0 Å². The molecule has 1 aliphatic heterocycles. The molecule has 0 bridgehead atoms. The summed E-state index contributed by atoms with van der Waals surface area (Å²) in [6, 6.07) is 7.06. The fourth-order valence-electron chi connectivity index (χ4n) is 1.49. The molecule has 102 valence electrons. The summed E-state index contributed by atoms with van der Waals surface area (Å²) in [6.45, 7) is -0.223. The summed E-state index contributed by atoms with van der Waals surface area (Å²) in [5.74, 6) is 0.195. The van der Waals surface area contributed by atoms with Gasteiger partial charge in [-0.15, -0.1) is 0 Å². The molecule has 1 amide bonds. The van der Waals surface area contributed by atoms with Crippen molar-refractivity contribution >= 4 is 11.9 Å². The molecule has 0 unspecified atom stereocenters. The number of carbonyl (C=O) groups excluding carboxylic acids is 2. The lowest BCUT2D eigenvalue weighted by Gasteiger charge is -2.25. The van der Waals surface area contributed by atoms with Gasteiger partial charge < -0.3 is 19.1 Å². The number of hydrogen-bond acceptors (Lipinski definition) is 5. The second-order valence-electron chi connectivity index (χ2n) is 4.26. The Morgan fingerprint density at radius 1 is 1.32 bits per heavy atom. The zero-order valence-corrected chi connectivity index (χ0v) is 10.8. The van der Waals surface area contributed by atoms with E-state index in [9.17, 15) is 9.59 Å². The van der Waals surface area contributed by atoms with Crippen molar-refractivity contribution in [2.24, 2.45) is 0 Å². The Kier molecular flexibility index (Phi) is 3.89. The molecule has 6 heteroatoms. The van der Waals surface area contributed by atoms with Crippen molar-refractivity contribution in [2.45, 2.75) is 6.10 Å². The lowest BCUT2D eigenvalue weighted by molar-refractivity contribution is -0.159. The molecule has 1 aromatic rings. The van der Waals surface area contributed by atoms with Gasteiger partial charge >= 0.3 is 5.97 Å². The van der Waals surface area contributed by atoms with Crippen LogP contribution in [0.3, 0.4) is 0 Å². The van der Waals surface area contributed by atoms with Crippen LogP contribution in [-0.4, -0.2) is 50.2 Å². The molecule has 19 heavy (non-hydrogen) atoms. The second-order valence-corrected chi connectivity index (χ2v) is 4.26. The van der Waals surface area contributed by atoms with Gasteiger partial charge in [-0.25, -0.2) is 4.79 Å². The lowest BCUT2D eigenvalue weighted by atomic mass is 10.2. The minimum Gasteiger partial charge on any atom is -0.485 e. The number of ether oxygens (including phenoxy) is 3. The van der Waals surface area contributed by atoms with Crippen LogP contribution < -0.4 is 9.47 Å². The molecule has 1 atom stereocenters. The number of likely N-dealkylation sites (N-methyl/N-ethyl adjacent to an activating group) is 1. The van der Waals surface area contributed by atoms with Crippen LogP contribution in [0.25, 0.3) is 0 Å². The maximum Gasteiger partial charge on any atom is 0.351 e. The molecule has 0 saturated carbocycles. The van der Waals surface area contributed by atoms with Crippen LogP contribution in [0.4, 0.5) is 0 Å². The first-order valence-corrected chi connectivity index (χ1v) is 5.83. The van der Waals surface area contributed by atoms with E-state index in [4.69, 9.17) is 14.2 Å². The third-order valence-corrected chi connectivity index (χ3v) is 2.61. The highest BCUT2D eigenvalue weighted by atomic mass is 16.6. The molecule has 0 saturated heterocycles. The number of nitrogens with zero attached hydrogens (tertiary/aromatic N) is 1. The van der Waals surface area contributed by atoms with Crippen LogP contribution in [0.1, 0.15) is 0 Å². The van der Waals surface area contributed by atoms with Crippen molar-refractivity contribution in [2.75, 3.05) is 27.3 Å². The van der Waals surface area contributed by atoms with Gasteiger partial charge in [0.1, 0.15) is 6.61 Å². The largest absolute Gasteiger partial charge is 0.485 e. The molecule has 0 radical (unpaired) electrons. The Balaban J connectivity index is 1.90. The summed E-state index contributed by atoms with van der Waals surface area (Å²) in [5.41, 5.74) is 0. The van der Waals surface area contributed by atoms with Gasteiger partial charge in [-0.3, -0.25) is 4.79 Å². The van der Waals surface area contributed by atoms with Gasteiger partial charge in [-0.1, -0.05) is 12.1 Å². The average molecular weight is 265 g/mol. The Bertz CT molecular complexity index is 486. The van der Waals surface area contributed by atoms with Gasteiger partial charge in [0.15, 0.2) is 18.1 Å². The van der Waals surface area contributed by atoms with Crippen LogP contribution in [0.2, 0.25) is 0 Å². The van der Waals surface area contributed by atoms with Crippen LogP contribution in [-0.2, 0) is 14.3 Å². The van der Waals surface area contributed by atoms with E-state index >= 15 is 0 Å². The van der Waals surface area contributed by atoms with E-state index in [0.717, 1.165) is 0 Å². The van der Waals surface area contributed by atoms with Gasteiger partial charge in [0, 0.05) is 14.1 Å². The van der Waals surface area contributed by atoms with E-state index in [2.05, 4.69) is 0 Å². The maximum atomic E-state index is 11.7. The lowest BCUT2D eigenvalue weighted by Crippen LogP contribution is -2.39. The molecule has 0 aromatic heterocycles. The normalized spacial score (nSPS) is 16.6. The number of para-hydroxylation sites is 2. The van der Waals surface area contributed by atoms with E-state index in [0.29, 0.717) is 11.5 Å². The first kappa shape index (κ1) is 13.2. The van der Waals surface area contributed by atoms with Crippen LogP contribution in [0.5, 0.6) is 11.5 Å². The third kappa shape index (κ3) is 3.15. The Hall–Kier alpha value is -2.24. The zero-order chi connectivity index (χ0) is 13.8. The molecule has 0 fully saturated rings. The Morgan fingerprint density at radius 2 is 2.00 bits per heavy atom. The van der Waals surface area contributed by atoms with Crippen LogP contribution in [0.15, 0.2) is 24.3 Å². The fourth-order valence-corrected chi connectivity index (χ4v) is 1.49. The summed E-state index contributed by atoms with van der Waals surface area (Å²) in [7, 11) is 3.18. The topological polar surface area (TPSA) is 65.1 Å². The number of benzene rings is 1. The van der Waals surface area contributed by atoms with Crippen molar-refractivity contribution in [1.29, 1.82) is 0 Å². The van der Waals surface area contributed by atoms with Crippen molar-refractivity contribution in [3.05, 3.63) is 24.3 Å². The van der Waals surface area contributed by atoms with Crippen molar-refractivity contribution in [3.63, 3.8) is 0 Å². The van der Waals surface area contributed by atoms with Crippen molar-refractivity contribution < 1.29 is 23.8 Å². The molecule has 1 aliphatic rings. The minimum absolute atomic E-state index is 0.0754. The summed E-state index contributed by atoms with van der Waals surface area (Å²) in [6.07, 6.45) is -0.843. The zero-order valence-electron chi connectivity index (χ0n) is 10.8. The summed E-state index contributed by atoms with van der Waals surface area (Å²) in [4.78, 5) is 24.4. The van der Waals surface area contributed by atoms with Crippen LogP contribution >= 0.6 is 0 Å². The van der Waals surface area contributed by atoms with E-state index in [1.54, 1.807) is 32.3 Å². The maximum absolute atomic E-state index is 11.7. The average Bonchev–Trinajstić information content (AvgIpc) is 2.43. The molecule has 0 aliphatic carbocycles. The van der Waals surface area contributed by atoms with E-state index in [1.807, 2.05) is 6.07 Å². The van der Waals surface area contributed by atoms with Gasteiger partial charge in [0.25, 0.3) is 5.91 Å². The van der Waals surface area contributed by atoms with Gasteiger partial charge in [-0.2, -0.15) is 0 Å². The molecule has 1 aromatic carbocycles. The highest BCUT2D eigenvalue weighted by Gasteiger charge is 2.29. The molecule has 1 heterocycles. The summed E-state index contributed by atoms with van der Waals surface area (Å²) < 4.78 is 15.7. The second kappa shape index (κ2) is 5.60. The number of rotatable bonds is 3. The number of fused-ring (bicyclic) bond motifs is 1. The van der Waals surface area contributed by atoms with E-state index in [1.165, 1.54) is 4.90 Å². The number of carbonyl (C=O) groups is 2. The molecule has 6 nitrogen and oxygen atoms in total. The van der Waals surface area contributed by atoms with Gasteiger partial charge in [0.2, 0.25) is 6.10 Å². The highest BCUT2D eigenvalue weighted by Crippen LogP contribution is 2.31.